The number of methoxy groups -OCH3 is 1. The van der Waals surface area contributed by atoms with Crippen LogP contribution in [0.3, 0.4) is 0 Å². The van der Waals surface area contributed by atoms with Crippen molar-refractivity contribution < 1.29 is 29.0 Å². The van der Waals surface area contributed by atoms with Crippen LogP contribution in [0.2, 0.25) is 0 Å². The molecule has 1 N–H and O–H groups in total. The summed E-state index contributed by atoms with van der Waals surface area (Å²) in [6.07, 6.45) is 6.48. The van der Waals surface area contributed by atoms with E-state index in [0.717, 1.165) is 19.3 Å². The lowest BCUT2D eigenvalue weighted by Gasteiger charge is -2.40. The van der Waals surface area contributed by atoms with E-state index in [2.05, 4.69) is 29.1 Å². The Labute approximate surface area is 255 Å². The number of aliphatic hydroxyl groups excluding tert-OH is 1. The largest absolute Gasteiger partial charge is 0.497 e. The van der Waals surface area contributed by atoms with Crippen molar-refractivity contribution >= 4 is 51.2 Å². The molecule has 2 amide bonds. The molecule has 3 fully saturated rings. The average Bonchev–Trinajstić information content (AvgIpc) is 3.55. The second kappa shape index (κ2) is 13.3. The number of unbranched alkanes of at least 4 members (excludes halogenated alkanes) is 2. The fourth-order valence-electron chi connectivity index (χ4n) is 6.61. The molecule has 224 valence electrons. The molecular weight excluding hydrogens is 608 g/mol. The number of hydrogen-bond acceptors (Lipinski definition) is 7. The summed E-state index contributed by atoms with van der Waals surface area (Å²) in [5.41, 5.74) is 0.650. The molecule has 3 saturated heterocycles. The number of fused-ring (bicyclic) bond motifs is 1. The predicted octanol–water partition coefficient (Wildman–Crippen LogP) is 4.60. The van der Waals surface area contributed by atoms with E-state index in [1.165, 1.54) is 0 Å². The first-order chi connectivity index (χ1) is 19.7. The van der Waals surface area contributed by atoms with E-state index in [1.54, 1.807) is 46.9 Å². The highest BCUT2D eigenvalue weighted by Gasteiger charge is 2.76. The zero-order chi connectivity index (χ0) is 29.9. The third kappa shape index (κ3) is 5.71. The number of nitrogens with zero attached hydrogens (tertiary/aromatic N) is 2. The Kier molecular flexibility index (Phi) is 10.3. The molecule has 1 aromatic carbocycles. The molecule has 7 atom stereocenters. The number of aliphatic hydroxyl groups is 1. The SMILES string of the molecule is C=CCCCCOC(=O)[C@H]1[C@@H]2SC3(CC2Br)C(C(=O)N(CC=C)c2ccc(OC)cc2)N([C@@H](CO)C(C)C)C(=O)[C@H]13. The van der Waals surface area contributed by atoms with Gasteiger partial charge in [-0.15, -0.1) is 24.9 Å². The minimum absolute atomic E-state index is 0.0643. The lowest BCUT2D eigenvalue weighted by atomic mass is 9.71. The topological polar surface area (TPSA) is 96.4 Å². The van der Waals surface area contributed by atoms with E-state index in [0.29, 0.717) is 17.9 Å². The smallest absolute Gasteiger partial charge is 0.310 e. The van der Waals surface area contributed by atoms with Gasteiger partial charge in [0.1, 0.15) is 11.8 Å². The predicted molar refractivity (Wildman–Crippen MR) is 165 cm³/mol. The number of rotatable bonds is 14. The monoisotopic (exact) mass is 648 g/mol. The van der Waals surface area contributed by atoms with Gasteiger partial charge in [0.2, 0.25) is 5.91 Å². The molecule has 8 nitrogen and oxygen atoms in total. The van der Waals surface area contributed by atoms with Gasteiger partial charge in [-0.25, -0.2) is 0 Å². The van der Waals surface area contributed by atoms with Gasteiger partial charge in [0.25, 0.3) is 5.91 Å². The number of likely N-dealkylation sites (tertiary alicyclic amines) is 1. The quantitative estimate of drug-likeness (QED) is 0.136. The first-order valence-corrected chi connectivity index (χ1v) is 16.0. The maximum Gasteiger partial charge on any atom is 0.310 e. The number of carbonyl (C=O) groups excluding carboxylic acids is 3. The standard InChI is InChI=1S/C31H41BrN2O6S/c1-6-8-9-10-16-40-30(38)24-25-28(36)34(23(18-35)19(3)4)27(31(25)17-22(32)26(24)41-31)29(37)33(15-7-2)20-11-13-21(39-5)14-12-20/h6-7,11-14,19,22-27,35H,1-2,8-10,15-18H2,3-5H3/t22?,23-,24+,25-,26+,27?,31?/m0/s1. The Morgan fingerprint density at radius 2 is 1.95 bits per heavy atom. The number of halogens is 1. The van der Waals surface area contributed by atoms with Crippen LogP contribution < -0.4 is 9.64 Å². The van der Waals surface area contributed by atoms with Crippen molar-refractivity contribution in [3.63, 3.8) is 0 Å². The lowest BCUT2D eigenvalue weighted by molar-refractivity contribution is -0.154. The number of hydrogen-bond donors (Lipinski definition) is 1. The molecule has 0 saturated carbocycles. The summed E-state index contributed by atoms with van der Waals surface area (Å²) in [5, 5.41) is 10.3. The fraction of sp³-hybridized carbons (Fsp3) is 0.581. The van der Waals surface area contributed by atoms with Crippen LogP contribution in [0.5, 0.6) is 5.75 Å². The van der Waals surface area contributed by atoms with Gasteiger partial charge >= 0.3 is 5.97 Å². The molecule has 41 heavy (non-hydrogen) atoms. The van der Waals surface area contributed by atoms with Crippen molar-refractivity contribution in [1.82, 2.24) is 4.90 Å². The molecule has 3 heterocycles. The summed E-state index contributed by atoms with van der Waals surface area (Å²) in [6, 6.07) is 5.73. The van der Waals surface area contributed by atoms with Crippen molar-refractivity contribution in [3.05, 3.63) is 49.6 Å². The van der Waals surface area contributed by atoms with Crippen molar-refractivity contribution in [1.29, 1.82) is 0 Å². The highest BCUT2D eigenvalue weighted by molar-refractivity contribution is 9.09. The summed E-state index contributed by atoms with van der Waals surface area (Å²) < 4.78 is 10.2. The minimum atomic E-state index is -0.873. The molecule has 3 unspecified atom stereocenters. The third-order valence-corrected chi connectivity index (χ3v) is 11.8. The van der Waals surface area contributed by atoms with Crippen LogP contribution >= 0.6 is 27.7 Å². The van der Waals surface area contributed by atoms with Gasteiger partial charge in [-0.1, -0.05) is 41.9 Å². The zero-order valence-corrected chi connectivity index (χ0v) is 26.4. The van der Waals surface area contributed by atoms with Gasteiger partial charge in [0, 0.05) is 22.3 Å². The molecule has 3 aliphatic heterocycles. The van der Waals surface area contributed by atoms with E-state index < -0.39 is 28.7 Å². The molecule has 1 spiro atoms. The van der Waals surface area contributed by atoms with E-state index in [9.17, 15) is 19.5 Å². The lowest BCUT2D eigenvalue weighted by Crippen LogP contribution is -2.59. The van der Waals surface area contributed by atoms with Crippen molar-refractivity contribution in [3.8, 4) is 5.75 Å². The van der Waals surface area contributed by atoms with Crippen LogP contribution in [-0.4, -0.2) is 81.6 Å². The van der Waals surface area contributed by atoms with Gasteiger partial charge < -0.3 is 24.4 Å². The number of esters is 1. The molecule has 0 radical (unpaired) electrons. The van der Waals surface area contributed by atoms with Crippen LogP contribution in [-0.2, 0) is 19.1 Å². The zero-order valence-electron chi connectivity index (χ0n) is 24.0. The van der Waals surface area contributed by atoms with Gasteiger partial charge in [0.05, 0.1) is 42.9 Å². The maximum atomic E-state index is 14.7. The molecule has 4 rings (SSSR count). The van der Waals surface area contributed by atoms with Crippen LogP contribution in [0.25, 0.3) is 0 Å². The summed E-state index contributed by atoms with van der Waals surface area (Å²) >= 11 is 5.36. The van der Waals surface area contributed by atoms with Gasteiger partial charge in [-0.05, 0) is 55.9 Å². The molecule has 10 heteroatoms. The number of ether oxygens (including phenoxy) is 2. The Morgan fingerprint density at radius 3 is 2.54 bits per heavy atom. The molecule has 0 aliphatic carbocycles. The van der Waals surface area contributed by atoms with Crippen molar-refractivity contribution in [2.75, 3.05) is 31.8 Å². The molecule has 2 bridgehead atoms. The normalized spacial score (nSPS) is 28.9. The number of thioether (sulfide) groups is 1. The number of allylic oxidation sites excluding steroid dienone is 1. The summed E-state index contributed by atoms with van der Waals surface area (Å²) in [4.78, 5) is 45.8. The minimum Gasteiger partial charge on any atom is -0.497 e. The number of carbonyl (C=O) groups is 3. The second-order valence-corrected chi connectivity index (χ2v) is 14.0. The first-order valence-electron chi connectivity index (χ1n) is 14.3. The molecular formula is C31H41BrN2O6S. The second-order valence-electron chi connectivity index (χ2n) is 11.3. The highest BCUT2D eigenvalue weighted by atomic mass is 79.9. The number of alkyl halides is 1. The Morgan fingerprint density at radius 1 is 1.24 bits per heavy atom. The van der Waals surface area contributed by atoms with Crippen LogP contribution in [0.4, 0.5) is 5.69 Å². The maximum absolute atomic E-state index is 14.7. The fourth-order valence-corrected chi connectivity index (χ4v) is 10.2. The van der Waals surface area contributed by atoms with Gasteiger partial charge in [-0.3, -0.25) is 14.4 Å². The number of amides is 2. The molecule has 0 aromatic heterocycles. The summed E-state index contributed by atoms with van der Waals surface area (Å²) in [6.45, 7) is 11.7. The Bertz CT molecular complexity index is 1150. The molecule has 3 aliphatic rings. The third-order valence-electron chi connectivity index (χ3n) is 8.56. The molecule has 1 aromatic rings. The average molecular weight is 650 g/mol. The first kappa shape index (κ1) is 31.6. The van der Waals surface area contributed by atoms with E-state index in [4.69, 9.17) is 9.47 Å². The Balaban J connectivity index is 1.74. The van der Waals surface area contributed by atoms with Crippen LogP contribution in [0.1, 0.15) is 39.5 Å². The highest BCUT2D eigenvalue weighted by Crippen LogP contribution is 2.68. The van der Waals surface area contributed by atoms with E-state index in [1.807, 2.05) is 32.1 Å². The van der Waals surface area contributed by atoms with E-state index >= 15 is 0 Å². The van der Waals surface area contributed by atoms with E-state index in [-0.39, 0.29) is 53.5 Å². The van der Waals surface area contributed by atoms with Crippen molar-refractivity contribution in [2.24, 2.45) is 17.8 Å². The number of anilines is 1. The van der Waals surface area contributed by atoms with Crippen LogP contribution in [0.15, 0.2) is 49.6 Å². The van der Waals surface area contributed by atoms with Crippen molar-refractivity contribution in [2.45, 2.75) is 66.4 Å². The van der Waals surface area contributed by atoms with Crippen LogP contribution in [0, 0.1) is 17.8 Å². The Hall–Kier alpha value is -2.30. The van der Waals surface area contributed by atoms with Gasteiger partial charge in [0.15, 0.2) is 0 Å². The summed E-state index contributed by atoms with van der Waals surface area (Å²) in [5.74, 6) is -1.74. The van der Waals surface area contributed by atoms with Gasteiger partial charge in [-0.2, -0.15) is 0 Å². The number of benzene rings is 1. The summed E-state index contributed by atoms with van der Waals surface area (Å²) in [7, 11) is 1.58.